The third kappa shape index (κ3) is 6.06. The van der Waals surface area contributed by atoms with Gasteiger partial charge < -0.3 is 15.2 Å². The van der Waals surface area contributed by atoms with Crippen molar-refractivity contribution in [3.05, 3.63) is 29.8 Å². The maximum Gasteiger partial charge on any atom is 0.119 e. The predicted molar refractivity (Wildman–Crippen MR) is 86.5 cm³/mol. The number of nitrogens with one attached hydrogen (secondary N) is 1. The van der Waals surface area contributed by atoms with E-state index in [1.807, 2.05) is 12.1 Å². The van der Waals surface area contributed by atoms with Crippen molar-refractivity contribution in [2.24, 2.45) is 5.92 Å². The molecule has 2 N–H and O–H groups in total. The lowest BCUT2D eigenvalue weighted by Crippen LogP contribution is -2.35. The van der Waals surface area contributed by atoms with E-state index >= 15 is 0 Å². The molecule has 1 aromatic rings. The third-order valence-corrected chi connectivity index (χ3v) is 4.13. The van der Waals surface area contributed by atoms with E-state index in [-0.39, 0.29) is 6.10 Å². The average molecular weight is 291 g/mol. The van der Waals surface area contributed by atoms with Crippen molar-refractivity contribution in [3.8, 4) is 5.75 Å². The fourth-order valence-corrected chi connectivity index (χ4v) is 2.73. The number of aliphatic hydroxyl groups excluding tert-OH is 1. The highest BCUT2D eigenvalue weighted by atomic mass is 16.5. The molecule has 0 radical (unpaired) electrons. The molecular formula is C18H29NO2. The van der Waals surface area contributed by atoms with Crippen LogP contribution in [-0.4, -0.2) is 23.9 Å². The molecule has 1 aromatic carbocycles. The molecule has 118 valence electrons. The highest BCUT2D eigenvalue weighted by Crippen LogP contribution is 2.19. The molecule has 2 atom stereocenters. The Bertz CT molecular complexity index is 402. The van der Waals surface area contributed by atoms with Crippen molar-refractivity contribution in [2.45, 2.75) is 64.6 Å². The van der Waals surface area contributed by atoms with Crippen LogP contribution in [0.1, 0.15) is 51.5 Å². The number of hydrogen-bond acceptors (Lipinski definition) is 3. The second kappa shape index (κ2) is 8.40. The van der Waals surface area contributed by atoms with Gasteiger partial charge >= 0.3 is 0 Å². The van der Waals surface area contributed by atoms with Crippen LogP contribution < -0.4 is 10.1 Å². The van der Waals surface area contributed by atoms with Crippen LogP contribution in [0.25, 0.3) is 0 Å². The van der Waals surface area contributed by atoms with Crippen LogP contribution in [0, 0.1) is 5.92 Å². The van der Waals surface area contributed by atoms with Gasteiger partial charge in [0.2, 0.25) is 0 Å². The van der Waals surface area contributed by atoms with Gasteiger partial charge in [-0.25, -0.2) is 0 Å². The predicted octanol–water partition coefficient (Wildman–Crippen LogP) is 3.50. The first kappa shape index (κ1) is 16.3. The van der Waals surface area contributed by atoms with Crippen molar-refractivity contribution in [1.82, 2.24) is 5.32 Å². The highest BCUT2D eigenvalue weighted by Gasteiger charge is 2.19. The van der Waals surface area contributed by atoms with E-state index in [0.29, 0.717) is 12.0 Å². The number of rotatable bonds is 7. The van der Waals surface area contributed by atoms with Crippen LogP contribution in [0.15, 0.2) is 24.3 Å². The zero-order valence-corrected chi connectivity index (χ0v) is 13.3. The van der Waals surface area contributed by atoms with E-state index in [1.165, 1.54) is 12.0 Å². The molecule has 0 bridgehead atoms. The van der Waals surface area contributed by atoms with E-state index in [4.69, 9.17) is 4.74 Å². The van der Waals surface area contributed by atoms with Gasteiger partial charge in [0.05, 0.1) is 12.7 Å². The van der Waals surface area contributed by atoms with Crippen molar-refractivity contribution < 1.29 is 9.84 Å². The molecule has 3 nitrogen and oxygen atoms in total. The molecule has 1 saturated carbocycles. The first-order chi connectivity index (χ1) is 10.1. The van der Waals surface area contributed by atoms with E-state index < -0.39 is 0 Å². The Labute approximate surface area is 128 Å². The molecule has 21 heavy (non-hydrogen) atoms. The zero-order chi connectivity index (χ0) is 15.1. The summed E-state index contributed by atoms with van der Waals surface area (Å²) in [5.74, 6) is 1.63. The summed E-state index contributed by atoms with van der Waals surface area (Å²) in [6.45, 7) is 6.07. The van der Waals surface area contributed by atoms with Crippen molar-refractivity contribution >= 4 is 0 Å². The molecular weight excluding hydrogens is 262 g/mol. The van der Waals surface area contributed by atoms with Crippen molar-refractivity contribution in [1.29, 1.82) is 0 Å². The minimum Gasteiger partial charge on any atom is -0.494 e. The summed E-state index contributed by atoms with van der Waals surface area (Å²) in [5.41, 5.74) is 1.27. The maximum absolute atomic E-state index is 9.68. The summed E-state index contributed by atoms with van der Waals surface area (Å²) in [5, 5.41) is 13.2. The Morgan fingerprint density at radius 2 is 2.00 bits per heavy atom. The lowest BCUT2D eigenvalue weighted by molar-refractivity contribution is 0.111. The SMILES string of the molecule is CC(C)CCOc1ccc(CNC2CCCC(O)C2)cc1. The lowest BCUT2D eigenvalue weighted by Gasteiger charge is -2.26. The van der Waals surface area contributed by atoms with E-state index in [9.17, 15) is 5.11 Å². The monoisotopic (exact) mass is 291 g/mol. The largest absolute Gasteiger partial charge is 0.494 e. The smallest absolute Gasteiger partial charge is 0.119 e. The zero-order valence-electron chi connectivity index (χ0n) is 13.3. The van der Waals surface area contributed by atoms with E-state index in [1.54, 1.807) is 0 Å². The third-order valence-electron chi connectivity index (χ3n) is 4.13. The molecule has 2 rings (SSSR count). The van der Waals surface area contributed by atoms with Crippen LogP contribution in [-0.2, 0) is 6.54 Å². The Morgan fingerprint density at radius 3 is 2.67 bits per heavy atom. The van der Waals surface area contributed by atoms with Gasteiger partial charge in [-0.05, 0) is 55.7 Å². The van der Waals surface area contributed by atoms with Crippen LogP contribution in [0.2, 0.25) is 0 Å². The Morgan fingerprint density at radius 1 is 1.24 bits per heavy atom. The molecule has 1 aliphatic carbocycles. The Balaban J connectivity index is 1.71. The summed E-state index contributed by atoms with van der Waals surface area (Å²) < 4.78 is 5.73. The minimum atomic E-state index is -0.118. The molecule has 0 aromatic heterocycles. The summed E-state index contributed by atoms with van der Waals surface area (Å²) >= 11 is 0. The van der Waals surface area contributed by atoms with Crippen LogP contribution in [0.3, 0.4) is 0 Å². The molecule has 3 heteroatoms. The van der Waals surface area contributed by atoms with Crippen molar-refractivity contribution in [3.63, 3.8) is 0 Å². The molecule has 0 spiro atoms. The topological polar surface area (TPSA) is 41.5 Å². The molecule has 2 unspecified atom stereocenters. The van der Waals surface area contributed by atoms with Crippen molar-refractivity contribution in [2.75, 3.05) is 6.61 Å². The van der Waals surface area contributed by atoms with Gasteiger partial charge in [0, 0.05) is 12.6 Å². The van der Waals surface area contributed by atoms with Gasteiger partial charge in [-0.15, -0.1) is 0 Å². The minimum absolute atomic E-state index is 0.118. The van der Waals surface area contributed by atoms with Gasteiger partial charge in [-0.1, -0.05) is 26.0 Å². The highest BCUT2D eigenvalue weighted by molar-refractivity contribution is 5.27. The fraction of sp³-hybridized carbons (Fsp3) is 0.667. The molecule has 1 fully saturated rings. The second-order valence-corrected chi connectivity index (χ2v) is 6.57. The van der Waals surface area contributed by atoms with Gasteiger partial charge in [-0.2, -0.15) is 0 Å². The Kier molecular flexibility index (Phi) is 6.52. The van der Waals surface area contributed by atoms with Crippen LogP contribution in [0.4, 0.5) is 0 Å². The fourth-order valence-electron chi connectivity index (χ4n) is 2.73. The molecule has 0 heterocycles. The number of benzene rings is 1. The summed E-state index contributed by atoms with van der Waals surface area (Å²) in [4.78, 5) is 0. The number of ether oxygens (including phenoxy) is 1. The Hall–Kier alpha value is -1.06. The van der Waals surface area contributed by atoms with Gasteiger partial charge in [-0.3, -0.25) is 0 Å². The van der Waals surface area contributed by atoms with E-state index in [2.05, 4.69) is 31.3 Å². The maximum atomic E-state index is 9.68. The van der Waals surface area contributed by atoms with Crippen LogP contribution >= 0.6 is 0 Å². The lowest BCUT2D eigenvalue weighted by atomic mass is 9.93. The van der Waals surface area contributed by atoms with E-state index in [0.717, 1.165) is 44.6 Å². The average Bonchev–Trinajstić information content (AvgIpc) is 2.46. The summed E-state index contributed by atoms with van der Waals surface area (Å²) in [6.07, 6.45) is 5.12. The normalized spacial score (nSPS) is 22.5. The molecule has 0 saturated heterocycles. The first-order valence-electron chi connectivity index (χ1n) is 8.26. The summed E-state index contributed by atoms with van der Waals surface area (Å²) in [7, 11) is 0. The number of hydrogen-bond donors (Lipinski definition) is 2. The summed E-state index contributed by atoms with van der Waals surface area (Å²) in [6, 6.07) is 8.80. The standard InChI is InChI=1S/C18H29NO2/c1-14(2)10-11-21-18-8-6-15(7-9-18)13-19-16-4-3-5-17(20)12-16/h6-9,14,16-17,19-20H,3-5,10-13H2,1-2H3. The van der Waals surface area contributed by atoms with Crippen LogP contribution in [0.5, 0.6) is 5.75 Å². The molecule has 0 aliphatic heterocycles. The molecule has 0 amide bonds. The molecule has 1 aliphatic rings. The van der Waals surface area contributed by atoms with Gasteiger partial charge in [0.25, 0.3) is 0 Å². The number of aliphatic hydroxyl groups is 1. The second-order valence-electron chi connectivity index (χ2n) is 6.57. The van der Waals surface area contributed by atoms with Gasteiger partial charge in [0.1, 0.15) is 5.75 Å². The quantitative estimate of drug-likeness (QED) is 0.808. The van der Waals surface area contributed by atoms with Gasteiger partial charge in [0.15, 0.2) is 0 Å². The first-order valence-corrected chi connectivity index (χ1v) is 8.26.